The van der Waals surface area contributed by atoms with Gasteiger partial charge in [-0.15, -0.1) is 11.3 Å². The molecule has 0 fully saturated rings. The Labute approximate surface area is 221 Å². The van der Waals surface area contributed by atoms with Gasteiger partial charge < -0.3 is 24.3 Å². The van der Waals surface area contributed by atoms with E-state index >= 15 is 0 Å². The number of methoxy groups -OCH3 is 1. The summed E-state index contributed by atoms with van der Waals surface area (Å²) in [6.07, 6.45) is 5.06. The highest BCUT2D eigenvalue weighted by Gasteiger charge is 2.27. The monoisotopic (exact) mass is 523 g/mol. The van der Waals surface area contributed by atoms with Crippen LogP contribution in [-0.2, 0) is 35.5 Å². The number of carbonyl (C=O) groups is 2. The minimum absolute atomic E-state index is 0.0616. The molecule has 0 bridgehead atoms. The molecule has 1 aromatic carbocycles. The zero-order chi connectivity index (χ0) is 26.4. The second-order valence-electron chi connectivity index (χ2n) is 8.94. The molecule has 1 aliphatic rings. The summed E-state index contributed by atoms with van der Waals surface area (Å²) in [4.78, 5) is 36.8. The van der Waals surface area contributed by atoms with Crippen LogP contribution in [0.3, 0.4) is 0 Å². The summed E-state index contributed by atoms with van der Waals surface area (Å²) in [7, 11) is 3.35. The molecule has 2 amide bonds. The second kappa shape index (κ2) is 12.1. The fourth-order valence-electron chi connectivity index (χ4n) is 4.43. The lowest BCUT2D eigenvalue weighted by molar-refractivity contribution is -0.116. The molecule has 10 heteroatoms. The largest absolute Gasteiger partial charge is 0.497 e. The Hall–Kier alpha value is -3.66. The Morgan fingerprint density at radius 3 is 2.86 bits per heavy atom. The van der Waals surface area contributed by atoms with Gasteiger partial charge in [-0.25, -0.2) is 9.78 Å². The maximum atomic E-state index is 12.8. The number of nitrogens with one attached hydrogen (secondary N) is 1. The van der Waals surface area contributed by atoms with Gasteiger partial charge in [0.15, 0.2) is 0 Å². The number of hydrogen-bond donors (Lipinski definition) is 1. The molecule has 0 atom stereocenters. The van der Waals surface area contributed by atoms with Gasteiger partial charge in [0, 0.05) is 42.9 Å². The SMILES string of the molecule is CN=Cc1c(NC(=O)CCc2cccc(OC)c2)sc2c1CCN(C(=O)OCCn1cc(C)nc1C)C2. The number of aliphatic imine (C=N–C) groups is 1. The molecule has 1 aliphatic heterocycles. The summed E-state index contributed by atoms with van der Waals surface area (Å²) in [5, 5.41) is 3.84. The van der Waals surface area contributed by atoms with Gasteiger partial charge in [0.05, 0.1) is 25.9 Å². The van der Waals surface area contributed by atoms with Gasteiger partial charge in [-0.3, -0.25) is 9.79 Å². The number of aromatic nitrogens is 2. The van der Waals surface area contributed by atoms with Crippen LogP contribution in [0.1, 0.15) is 39.5 Å². The molecule has 0 spiro atoms. The van der Waals surface area contributed by atoms with Crippen LogP contribution in [0.5, 0.6) is 5.75 Å². The highest BCUT2D eigenvalue weighted by Crippen LogP contribution is 2.36. The van der Waals surface area contributed by atoms with Gasteiger partial charge in [0.1, 0.15) is 23.2 Å². The van der Waals surface area contributed by atoms with Gasteiger partial charge in [-0.2, -0.15) is 0 Å². The number of amides is 2. The number of thiophene rings is 1. The van der Waals surface area contributed by atoms with Crippen molar-refractivity contribution in [3.8, 4) is 5.75 Å². The second-order valence-corrected chi connectivity index (χ2v) is 10.0. The van der Waals surface area contributed by atoms with E-state index in [-0.39, 0.29) is 18.6 Å². The predicted octanol–water partition coefficient (Wildman–Crippen LogP) is 4.38. The Balaban J connectivity index is 1.36. The third-order valence-electron chi connectivity index (χ3n) is 6.30. The van der Waals surface area contributed by atoms with E-state index in [0.717, 1.165) is 43.8 Å². The van der Waals surface area contributed by atoms with E-state index in [1.807, 2.05) is 48.9 Å². The van der Waals surface area contributed by atoms with Crippen molar-refractivity contribution in [1.82, 2.24) is 14.5 Å². The van der Waals surface area contributed by atoms with Crippen molar-refractivity contribution in [3.63, 3.8) is 0 Å². The molecule has 0 aliphatic carbocycles. The van der Waals surface area contributed by atoms with Crippen molar-refractivity contribution in [2.75, 3.05) is 32.6 Å². The number of benzene rings is 1. The average Bonchev–Trinajstić information content (AvgIpc) is 3.40. The first kappa shape index (κ1) is 26.4. The number of fused-ring (bicyclic) bond motifs is 1. The van der Waals surface area contributed by atoms with Crippen molar-refractivity contribution >= 4 is 34.6 Å². The molecule has 4 rings (SSSR count). The molecule has 1 N–H and O–H groups in total. The normalized spacial score (nSPS) is 13.0. The summed E-state index contributed by atoms with van der Waals surface area (Å²) in [5.41, 5.74) is 4.05. The van der Waals surface area contributed by atoms with E-state index in [1.54, 1.807) is 25.3 Å². The molecular formula is C27H33N5O4S. The Morgan fingerprint density at radius 1 is 1.30 bits per heavy atom. The highest BCUT2D eigenvalue weighted by atomic mass is 32.1. The third-order valence-corrected chi connectivity index (χ3v) is 7.44. The number of aryl methyl sites for hydroxylation is 3. The maximum absolute atomic E-state index is 12.8. The summed E-state index contributed by atoms with van der Waals surface area (Å²) in [6, 6.07) is 7.74. The Kier molecular flexibility index (Phi) is 8.60. The molecule has 0 saturated carbocycles. The first-order valence-corrected chi connectivity index (χ1v) is 13.1. The topological polar surface area (TPSA) is 98.0 Å². The van der Waals surface area contributed by atoms with Gasteiger partial charge in [0.25, 0.3) is 0 Å². The zero-order valence-electron chi connectivity index (χ0n) is 21.7. The molecule has 3 heterocycles. The van der Waals surface area contributed by atoms with Crippen LogP contribution in [0.15, 0.2) is 35.5 Å². The van der Waals surface area contributed by atoms with Crippen LogP contribution in [0.4, 0.5) is 9.80 Å². The van der Waals surface area contributed by atoms with Crippen molar-refractivity contribution in [3.05, 3.63) is 63.5 Å². The van der Waals surface area contributed by atoms with E-state index in [9.17, 15) is 9.59 Å². The van der Waals surface area contributed by atoms with Crippen molar-refractivity contribution in [2.24, 2.45) is 4.99 Å². The Bertz CT molecular complexity index is 1300. The first-order chi connectivity index (χ1) is 17.9. The molecular weight excluding hydrogens is 490 g/mol. The van der Waals surface area contributed by atoms with E-state index in [2.05, 4.69) is 15.3 Å². The molecule has 3 aromatic rings. The van der Waals surface area contributed by atoms with Crippen molar-refractivity contribution in [1.29, 1.82) is 0 Å². The molecule has 196 valence electrons. The summed E-state index contributed by atoms with van der Waals surface area (Å²) >= 11 is 1.50. The molecule has 0 radical (unpaired) electrons. The van der Waals surface area contributed by atoms with Crippen LogP contribution in [0.2, 0.25) is 0 Å². The minimum Gasteiger partial charge on any atom is -0.497 e. The van der Waals surface area contributed by atoms with Crippen LogP contribution in [-0.4, -0.2) is 60.0 Å². The molecule has 0 unspecified atom stereocenters. The van der Waals surface area contributed by atoms with E-state index in [0.29, 0.717) is 38.9 Å². The van der Waals surface area contributed by atoms with Crippen LogP contribution in [0, 0.1) is 13.8 Å². The van der Waals surface area contributed by atoms with E-state index in [4.69, 9.17) is 9.47 Å². The summed E-state index contributed by atoms with van der Waals surface area (Å²) in [5.74, 6) is 1.62. The summed E-state index contributed by atoms with van der Waals surface area (Å²) in [6.45, 7) is 5.73. The smallest absolute Gasteiger partial charge is 0.410 e. The zero-order valence-corrected chi connectivity index (χ0v) is 22.6. The quantitative estimate of drug-likeness (QED) is 0.420. The first-order valence-electron chi connectivity index (χ1n) is 12.3. The molecule has 9 nitrogen and oxygen atoms in total. The van der Waals surface area contributed by atoms with E-state index < -0.39 is 0 Å². The fourth-order valence-corrected chi connectivity index (χ4v) is 5.69. The predicted molar refractivity (Wildman–Crippen MR) is 145 cm³/mol. The number of carbonyl (C=O) groups excluding carboxylic acids is 2. The van der Waals surface area contributed by atoms with E-state index in [1.165, 1.54) is 11.3 Å². The molecule has 37 heavy (non-hydrogen) atoms. The fraction of sp³-hybridized carbons (Fsp3) is 0.407. The maximum Gasteiger partial charge on any atom is 0.410 e. The molecule has 0 saturated heterocycles. The number of rotatable bonds is 9. The van der Waals surface area contributed by atoms with Gasteiger partial charge >= 0.3 is 6.09 Å². The number of nitrogens with zero attached hydrogens (tertiary/aromatic N) is 4. The molecule has 2 aromatic heterocycles. The van der Waals surface area contributed by atoms with Crippen molar-refractivity contribution in [2.45, 2.75) is 46.2 Å². The van der Waals surface area contributed by atoms with Crippen LogP contribution < -0.4 is 10.1 Å². The van der Waals surface area contributed by atoms with Crippen LogP contribution in [0.25, 0.3) is 0 Å². The Morgan fingerprint density at radius 2 is 2.14 bits per heavy atom. The van der Waals surface area contributed by atoms with Gasteiger partial charge in [-0.1, -0.05) is 12.1 Å². The van der Waals surface area contributed by atoms with Gasteiger partial charge in [-0.05, 0) is 49.9 Å². The highest BCUT2D eigenvalue weighted by molar-refractivity contribution is 7.16. The van der Waals surface area contributed by atoms with Crippen molar-refractivity contribution < 1.29 is 19.1 Å². The van der Waals surface area contributed by atoms with Crippen LogP contribution >= 0.6 is 11.3 Å². The third kappa shape index (κ3) is 6.56. The standard InChI is InChI=1S/C27H33N5O4S/c1-18-16-31(19(2)29-18)12-13-36-27(34)32-11-10-22-23(15-28-3)26(37-24(22)17-32)30-25(33)9-8-20-6-5-7-21(14-20)35-4/h5-7,14-16H,8-13,17H2,1-4H3,(H,30,33). The average molecular weight is 524 g/mol. The lowest BCUT2D eigenvalue weighted by atomic mass is 10.0. The minimum atomic E-state index is -0.330. The lowest BCUT2D eigenvalue weighted by Crippen LogP contribution is -2.36. The number of hydrogen-bond acceptors (Lipinski definition) is 7. The number of anilines is 1. The summed E-state index contributed by atoms with van der Waals surface area (Å²) < 4.78 is 12.8. The lowest BCUT2D eigenvalue weighted by Gasteiger charge is -2.26. The number of imidazole rings is 1. The van der Waals surface area contributed by atoms with Gasteiger partial charge in [0.2, 0.25) is 5.91 Å². The number of ether oxygens (including phenoxy) is 2.